The van der Waals surface area contributed by atoms with Crippen LogP contribution in [0.1, 0.15) is 153 Å². The number of rotatable bonds is 26. The standard InChI is InChI=1S/C31H27NO3.C26H24N4O2.C22H21N3O4.C21H19N3O.C21H25N3O.3H2O/c1-4-35-19-20-10-15-26-24(16-20)25-17-31(2,3)18-27(33)28(25)29(32-26)21-11-13-23(14-12-21)30(34)22-8-6-5-7-9-22;1-26(2)13-18-23-17-7-5-4-6-15(17)8-11-20(23)28-25(24(18)22(31)14-26)16-9-10-19(29-27-3)21(12-16)30-32;26-22(27)20-6-3-11-24(20)19-10-7-15(12-21(19)25(28)29)14-23-18-9-8-16-4-1-2-5-17(16)13-18;25-23-20-13-16(7-10-21(20)24-11-3-4-12-24)15-22-19-9-8-17-5-1-2-6-18(17)14-19;1-3-24(4-2)21-12-9-16(13-20(21)23-25)15-22-19-11-10-17-7-5-6-8-18(17)14-19;;;/h1,5-16,29,32H,17-19H2,2-3H3;4-12,25H,3,13-14,30H2,1-2H3;1-2,4-5,7-10,12-13,20,23H,3,6,11,14H2,(H,26,27);1-14,22H,15,23H2;5-14,22H,3-4,15,23H2,1-2H3;3*1H2/p+1. The Hall–Kier alpha value is -17.0. The summed E-state index contributed by atoms with van der Waals surface area (Å²) >= 11 is 0. The summed E-state index contributed by atoms with van der Waals surface area (Å²) in [6, 6.07) is 104. The number of carbonyl (C=O) groups excluding carboxylic acids is 3. The number of nitrogens with one attached hydrogen (secondary N) is 5. The normalized spacial score (nSPS) is 15.1. The topological polar surface area (TPSA) is 452 Å². The van der Waals surface area contributed by atoms with E-state index in [9.17, 15) is 50.0 Å². The molecule has 4 heterocycles. The van der Waals surface area contributed by atoms with Crippen LogP contribution < -0.4 is 52.8 Å². The van der Waals surface area contributed by atoms with E-state index in [0.717, 1.165) is 176 Å². The quantitative estimate of drug-likeness (QED) is 0.00355. The van der Waals surface area contributed by atoms with Crippen molar-refractivity contribution >= 4 is 153 Å². The second-order valence-electron chi connectivity index (χ2n) is 38.6. The molecular formula is C121H123N14O14+. The Morgan fingerprint density at radius 1 is 0.523 bits per heavy atom. The summed E-state index contributed by atoms with van der Waals surface area (Å²) < 4.78 is 7.11. The summed E-state index contributed by atoms with van der Waals surface area (Å²) in [4.78, 5) is 69.8. The number of carboxylic acid groups (broad SMARTS) is 1. The Kier molecular flexibility index (Phi) is 35.3. The maximum atomic E-state index is 13.5. The Bertz CT molecular complexity index is 7750. The number of nitro benzene ring substituents is 1. The van der Waals surface area contributed by atoms with Crippen molar-refractivity contribution < 1.29 is 71.6 Å². The van der Waals surface area contributed by atoms with Gasteiger partial charge in [-0.3, -0.25) is 24.5 Å². The third kappa shape index (κ3) is 25.0. The lowest BCUT2D eigenvalue weighted by Gasteiger charge is -2.40. The van der Waals surface area contributed by atoms with Crippen molar-refractivity contribution in [3.05, 3.63) is 426 Å². The van der Waals surface area contributed by atoms with Gasteiger partial charge in [0.1, 0.15) is 35.2 Å². The van der Waals surface area contributed by atoms with E-state index < -0.39 is 16.9 Å². The molecule has 3 aliphatic heterocycles. The molecule has 28 nitrogen and oxygen atoms in total. The minimum absolute atomic E-state index is 0. The van der Waals surface area contributed by atoms with Crippen LogP contribution in [0.25, 0.3) is 59.9 Å². The maximum absolute atomic E-state index is 13.5. The average molecular weight is 2000 g/mol. The van der Waals surface area contributed by atoms with Gasteiger partial charge in [0.05, 0.1) is 22.7 Å². The molecule has 1 aromatic heterocycles. The molecule has 3 atom stereocenters. The molecule has 0 amide bonds. The van der Waals surface area contributed by atoms with Gasteiger partial charge in [-0.05, 0) is 229 Å². The number of anilines is 7. The summed E-state index contributed by atoms with van der Waals surface area (Å²) in [5.41, 5.74) is 25.0. The van der Waals surface area contributed by atoms with E-state index in [2.05, 4.69) is 205 Å². The van der Waals surface area contributed by atoms with E-state index in [-0.39, 0.29) is 62.4 Å². The second kappa shape index (κ2) is 48.8. The first-order valence-corrected chi connectivity index (χ1v) is 49.1. The van der Waals surface area contributed by atoms with Crippen LogP contribution in [-0.4, -0.2) is 91.5 Å². The third-order valence-electron chi connectivity index (χ3n) is 27.5. The number of hydrogen-bond donors (Lipinski definition) is 9. The molecule has 28 heteroatoms. The van der Waals surface area contributed by atoms with Crippen LogP contribution in [0.2, 0.25) is 0 Å². The first-order valence-electron chi connectivity index (χ1n) is 49.1. The number of nitrogens with zero attached hydrogens (tertiary/aromatic N) is 6. The number of carbonyl (C=O) groups is 4. The molecule has 21 rings (SSSR count). The number of ether oxygens (including phenoxy) is 1. The van der Waals surface area contributed by atoms with Gasteiger partial charge in [-0.15, -0.1) is 0 Å². The lowest BCUT2D eigenvalue weighted by molar-refractivity contribution is -0.497. The van der Waals surface area contributed by atoms with E-state index in [1.807, 2.05) is 205 Å². The summed E-state index contributed by atoms with van der Waals surface area (Å²) in [5, 5.41) is 86.5. The molecule has 16 aromatic rings. The molecule has 1 fully saturated rings. The van der Waals surface area contributed by atoms with Gasteiger partial charge in [0.25, 0.3) is 12.4 Å². The Balaban J connectivity index is 0.000000147. The Morgan fingerprint density at radius 3 is 1.55 bits per heavy atom. The lowest BCUT2D eigenvalue weighted by atomic mass is 9.68. The molecule has 0 spiro atoms. The lowest BCUT2D eigenvalue weighted by Crippen LogP contribution is -2.70. The highest BCUT2D eigenvalue weighted by Gasteiger charge is 2.44. The van der Waals surface area contributed by atoms with E-state index >= 15 is 0 Å². The van der Waals surface area contributed by atoms with Crippen LogP contribution in [0.4, 0.5) is 68.2 Å². The number of ketones is 3. The second-order valence-corrected chi connectivity index (χ2v) is 38.6. The van der Waals surface area contributed by atoms with Gasteiger partial charge in [-0.25, -0.2) is 4.79 Å². The van der Waals surface area contributed by atoms with Gasteiger partial charge in [-0.1, -0.05) is 240 Å². The SMILES string of the molecule is C#COCc1ccc2c(c1)C1=C(C(=O)CC(C)(C)C1)C(c1ccc(C(=O)c3ccccc3)cc1)N2.C=[N+]=Nc1ccc(C2Nc3ccc4ccccc4c3C3=C2C(=O)CC(C)(C)C3)cc1[NH2+][O-].CCN(CC)c1ccc(CNc2ccc3ccccc3c2)cc1[NH2+][O-].O.O.O.O=C(O)C1CCCN1c1ccc(CNc2ccc3ccccc3c2)cc1[N+](=O)[O-].[O-][NH2+]c1cc(CNc2ccc3ccccc3c2)ccc1-n1cccc1. The zero-order chi connectivity index (χ0) is 102. The molecular weight excluding hydrogens is 1870 g/mol. The van der Waals surface area contributed by atoms with Gasteiger partial charge in [0, 0.05) is 155 Å². The van der Waals surface area contributed by atoms with Crippen molar-refractivity contribution in [2.75, 3.05) is 56.0 Å². The fraction of sp³-hybridized carbons (Fsp3) is 0.198. The van der Waals surface area contributed by atoms with Crippen molar-refractivity contribution in [2.45, 2.75) is 124 Å². The number of benzene rings is 15. The van der Waals surface area contributed by atoms with E-state index in [4.69, 9.17) is 11.2 Å². The van der Waals surface area contributed by atoms with E-state index in [0.29, 0.717) is 92.3 Å². The van der Waals surface area contributed by atoms with Gasteiger partial charge < -0.3 is 99.3 Å². The number of aliphatic carboxylic acids is 1. The van der Waals surface area contributed by atoms with Gasteiger partial charge >= 0.3 is 5.97 Å². The van der Waals surface area contributed by atoms with Crippen LogP contribution >= 0.6 is 0 Å². The van der Waals surface area contributed by atoms with Crippen molar-refractivity contribution in [2.24, 2.45) is 15.9 Å². The Morgan fingerprint density at radius 2 is 1.00 bits per heavy atom. The van der Waals surface area contributed by atoms with Gasteiger partial charge in [-0.2, -0.15) is 0 Å². The smallest absolute Gasteiger partial charge is 0.326 e. The summed E-state index contributed by atoms with van der Waals surface area (Å²) in [6.45, 7) is 20.6. The number of nitro groups is 1. The number of carboxylic acids is 1. The van der Waals surface area contributed by atoms with Crippen LogP contribution in [0, 0.1) is 49.1 Å². The molecule has 760 valence electrons. The molecule has 0 radical (unpaired) electrons. The average Bonchev–Trinajstić information content (AvgIpc) is 1.05. The largest absolute Gasteiger partial charge is 0.630 e. The minimum Gasteiger partial charge on any atom is -0.630 e. The summed E-state index contributed by atoms with van der Waals surface area (Å²) in [5.74, 6) is -0.648. The van der Waals surface area contributed by atoms with Crippen molar-refractivity contribution in [1.29, 1.82) is 0 Å². The van der Waals surface area contributed by atoms with Crippen molar-refractivity contribution in [3.8, 4) is 18.2 Å². The minimum atomic E-state index is -0.946. The van der Waals surface area contributed by atoms with Crippen LogP contribution in [-0.2, 0) is 45.4 Å². The van der Waals surface area contributed by atoms with Crippen molar-refractivity contribution in [1.82, 2.24) is 4.57 Å². The predicted molar refractivity (Wildman–Crippen MR) is 595 cm³/mol. The monoisotopic (exact) mass is 2000 g/mol. The summed E-state index contributed by atoms with van der Waals surface area (Å²) in [7, 11) is 0. The molecule has 15 aromatic carbocycles. The number of fused-ring (bicyclic) bond motifs is 9. The molecule has 0 saturated carbocycles. The zero-order valence-corrected chi connectivity index (χ0v) is 83.9. The molecule has 149 heavy (non-hydrogen) atoms. The van der Waals surface area contributed by atoms with Gasteiger partial charge in [0.15, 0.2) is 34.4 Å². The van der Waals surface area contributed by atoms with Gasteiger partial charge in [0.2, 0.25) is 5.69 Å². The van der Waals surface area contributed by atoms with Crippen LogP contribution in [0.15, 0.2) is 350 Å². The molecule has 3 unspecified atom stereocenters. The number of terminal acetylenes is 1. The highest BCUT2D eigenvalue weighted by molar-refractivity contribution is 6.14. The first kappa shape index (κ1) is 108. The molecule has 2 aliphatic carbocycles. The predicted octanol–water partition coefficient (Wildman–Crippen LogP) is 21.0. The number of Topliss-reactive ketones (excluding diaryl/α,β-unsaturated/α-hetero) is 2. The number of aromatic nitrogens is 1. The maximum Gasteiger partial charge on any atom is 0.326 e. The number of nitrogens with two attached hydrogens (primary N) is 3. The van der Waals surface area contributed by atoms with Crippen LogP contribution in [0.3, 0.4) is 0 Å². The number of allylic oxidation sites excluding steroid dienone is 2. The molecule has 5 aliphatic rings. The Labute approximate surface area is 864 Å². The van der Waals surface area contributed by atoms with E-state index in [1.165, 1.54) is 27.6 Å². The number of quaternary nitrogens is 3. The summed E-state index contributed by atoms with van der Waals surface area (Å²) in [6.07, 6.45) is 15.2. The molecule has 1 saturated heterocycles. The third-order valence-corrected chi connectivity index (χ3v) is 27.5. The fourth-order valence-corrected chi connectivity index (χ4v) is 20.3. The van der Waals surface area contributed by atoms with Crippen LogP contribution in [0.5, 0.6) is 0 Å². The zero-order valence-electron chi connectivity index (χ0n) is 83.9. The highest BCUT2D eigenvalue weighted by Crippen LogP contribution is 2.54. The number of hydrogen-bond acceptors (Lipinski definition) is 18. The fourth-order valence-electron chi connectivity index (χ4n) is 20.3. The molecule has 0 bridgehead atoms. The van der Waals surface area contributed by atoms with E-state index in [1.54, 1.807) is 23.1 Å². The highest BCUT2D eigenvalue weighted by atomic mass is 16.6. The van der Waals surface area contributed by atoms with Crippen molar-refractivity contribution in [3.63, 3.8) is 0 Å². The molecule has 18 N–H and O–H groups in total. The first-order chi connectivity index (χ1) is 70.9.